The van der Waals surface area contributed by atoms with Gasteiger partial charge in [-0.1, -0.05) is 134 Å². The van der Waals surface area contributed by atoms with Crippen molar-refractivity contribution in [2.24, 2.45) is 0 Å². The van der Waals surface area contributed by atoms with Crippen LogP contribution >= 0.6 is 54.9 Å². The second-order valence-electron chi connectivity index (χ2n) is 20.8. The van der Waals surface area contributed by atoms with E-state index in [1.807, 2.05) is 123 Å². The molecule has 0 radical (unpaired) electrons. The van der Waals surface area contributed by atoms with Crippen molar-refractivity contribution in [3.63, 3.8) is 0 Å². The molecule has 2 aliphatic heterocycles. The Balaban J connectivity index is 1.25. The number of carbonyl (C=O) groups is 3. The molecule has 1 saturated heterocycles. The van der Waals surface area contributed by atoms with Gasteiger partial charge < -0.3 is 33.3 Å². The molecule has 7 aromatic rings. The van der Waals surface area contributed by atoms with Gasteiger partial charge in [0.1, 0.15) is 41.7 Å². The number of anilines is 1. The number of nitrogens with zero attached hydrogens (tertiary/aromatic N) is 7. The van der Waals surface area contributed by atoms with Gasteiger partial charge >= 0.3 is 0 Å². The molecule has 1 unspecified atom stereocenters. The number of aromatic nitrogens is 4. The Morgan fingerprint density at radius 2 is 1.31 bits per heavy atom. The molecule has 0 bridgehead atoms. The predicted octanol–water partition coefficient (Wildman–Crippen LogP) is 13.2. The van der Waals surface area contributed by atoms with E-state index in [4.69, 9.17) is 79.4 Å². The number of hydrogen-bond acceptors (Lipinski definition) is 14. The van der Waals surface area contributed by atoms with Crippen LogP contribution < -0.4 is 14.8 Å². The van der Waals surface area contributed by atoms with Crippen LogP contribution in [0.25, 0.3) is 11.2 Å². The number of hydrogen-bond donors (Lipinski definition) is 1. The maximum absolute atomic E-state index is 15.4. The maximum atomic E-state index is 15.4. The number of amides is 3. The summed E-state index contributed by atoms with van der Waals surface area (Å²) in [6.07, 6.45) is -1.26. The fourth-order valence-corrected chi connectivity index (χ4v) is 13.0. The largest absolute Gasteiger partial charge is 0.497 e. The van der Waals surface area contributed by atoms with Crippen molar-refractivity contribution in [2.75, 3.05) is 32.8 Å². The molecule has 0 saturated carbocycles. The number of halogens is 4. The Hall–Kier alpha value is -6.26. The molecule has 81 heavy (non-hydrogen) atoms. The zero-order valence-electron chi connectivity index (χ0n) is 45.8. The molecule has 9 rings (SSSR count). The second-order valence-corrected chi connectivity index (χ2v) is 23.7. The summed E-state index contributed by atoms with van der Waals surface area (Å²) < 4.78 is 43.5. The lowest BCUT2D eigenvalue weighted by Gasteiger charge is -2.40. The van der Waals surface area contributed by atoms with Gasteiger partial charge in [0.05, 0.1) is 77.5 Å². The highest BCUT2D eigenvalue weighted by atomic mass is 35.5. The number of fused-ring (bicyclic) bond motifs is 2. The van der Waals surface area contributed by atoms with E-state index in [1.54, 1.807) is 26.4 Å². The van der Waals surface area contributed by atoms with Gasteiger partial charge in [-0.3, -0.25) is 23.9 Å². The Kier molecular flexibility index (Phi) is 18.1. The lowest BCUT2D eigenvalue weighted by atomic mass is 9.80. The molecule has 22 heteroatoms. The van der Waals surface area contributed by atoms with Crippen LogP contribution in [0.2, 0.25) is 20.1 Å². The first kappa shape index (κ1) is 59.4. The van der Waals surface area contributed by atoms with E-state index >= 15 is 9.59 Å². The summed E-state index contributed by atoms with van der Waals surface area (Å²) in [5.41, 5.74) is 1.73. The molecule has 4 heterocycles. The van der Waals surface area contributed by atoms with Crippen molar-refractivity contribution >= 4 is 89.6 Å². The molecule has 5 atom stereocenters. The highest BCUT2D eigenvalue weighted by Crippen LogP contribution is 2.54. The van der Waals surface area contributed by atoms with E-state index in [1.165, 1.54) is 17.2 Å². The van der Waals surface area contributed by atoms with E-state index in [-0.39, 0.29) is 85.3 Å². The lowest BCUT2D eigenvalue weighted by molar-refractivity contribution is -0.0917. The first-order chi connectivity index (χ1) is 38.7. The standard InChI is InChI=1S/C59H59Cl4N8O9P/c1-33(2)71(34(3)4)81(78-29-13-28-64)80-51-42(30-77-59(37-14-11-10-12-15-37,38-20-24-40(75-8)25-21-38)39-22-26-41(76-9)27-23-39)79-57(50(51)70-55(73)43-44(56(70)74)46(61)48(63)47(62)45(43)60)69-32-67-49-52(65-31-66-53(49)69)68-54(72)35-16-18-36(19-17-35)58(5,6)7/h10-12,14-27,31-34,42,50-51,57H,13,29-30H2,1-9H3,(H,65,66,68,72)/t42-,50-,51-,57-,81?/m1/s1. The van der Waals surface area contributed by atoms with Crippen LogP contribution in [0.1, 0.15) is 114 Å². The van der Waals surface area contributed by atoms with Crippen LogP contribution in [-0.4, -0.2) is 105 Å². The zero-order chi connectivity index (χ0) is 58.1. The van der Waals surface area contributed by atoms with Crippen LogP contribution in [0.4, 0.5) is 5.82 Å². The highest BCUT2D eigenvalue weighted by molar-refractivity contribution is 7.44. The minimum absolute atomic E-state index is 0.0219. The van der Waals surface area contributed by atoms with Gasteiger partial charge in [0.25, 0.3) is 26.2 Å². The molecule has 0 spiro atoms. The Morgan fingerprint density at radius 1 is 0.765 bits per heavy atom. The van der Waals surface area contributed by atoms with Gasteiger partial charge in [-0.25, -0.2) is 19.6 Å². The Labute approximate surface area is 491 Å². The second kappa shape index (κ2) is 24.7. The van der Waals surface area contributed by atoms with Crippen LogP contribution in [-0.2, 0) is 29.5 Å². The normalized spacial score (nSPS) is 17.8. The molecule has 17 nitrogen and oxygen atoms in total. The summed E-state index contributed by atoms with van der Waals surface area (Å²) in [6.45, 7) is 13.8. The number of nitriles is 1. The van der Waals surface area contributed by atoms with Crippen LogP contribution in [0.3, 0.4) is 0 Å². The molecular formula is C59H59Cl4N8O9P. The van der Waals surface area contributed by atoms with E-state index in [0.717, 1.165) is 16.0 Å². The van der Waals surface area contributed by atoms with Gasteiger partial charge in [0, 0.05) is 17.6 Å². The SMILES string of the molecule is COc1ccc(C(OC[C@H]2O[C@@H](n3cnc4c(NC(=O)c5ccc(C(C)(C)C)cc5)ncnc43)[C@H](N3C(=O)c4c(Cl)c(Cl)c(Cl)c(Cl)c4C3=O)[C@@H]2OP(OCCC#N)N(C(C)C)C(C)C)(c2ccccc2)c2ccc(OC)cc2)cc1. The monoisotopic (exact) mass is 1190 g/mol. The van der Waals surface area contributed by atoms with Gasteiger partial charge in [0.2, 0.25) is 0 Å². The molecule has 1 fully saturated rings. The van der Waals surface area contributed by atoms with Crippen LogP contribution in [0, 0.1) is 11.3 Å². The third-order valence-corrected chi connectivity index (χ3v) is 18.1. The van der Waals surface area contributed by atoms with Crippen molar-refractivity contribution in [1.82, 2.24) is 29.1 Å². The van der Waals surface area contributed by atoms with Crippen molar-refractivity contribution in [3.05, 3.63) is 175 Å². The number of nitrogens with one attached hydrogen (secondary N) is 1. The first-order valence-electron chi connectivity index (χ1n) is 26.0. The number of rotatable bonds is 20. The minimum Gasteiger partial charge on any atom is -0.497 e. The quantitative estimate of drug-likeness (QED) is 0.0189. The van der Waals surface area contributed by atoms with Crippen molar-refractivity contribution in [3.8, 4) is 17.6 Å². The molecule has 0 aliphatic carbocycles. The summed E-state index contributed by atoms with van der Waals surface area (Å²) in [5, 5.41) is 11.6. The molecule has 1 N–H and O–H groups in total. The van der Waals surface area contributed by atoms with Crippen molar-refractivity contribution < 1.29 is 42.4 Å². The van der Waals surface area contributed by atoms with Gasteiger partial charge in [-0.05, 0) is 91.8 Å². The summed E-state index contributed by atoms with van der Waals surface area (Å²) in [4.78, 5) is 59.5. The molecule has 3 amide bonds. The summed E-state index contributed by atoms with van der Waals surface area (Å²) in [6, 6.07) is 32.2. The Bertz CT molecular complexity index is 3390. The van der Waals surface area contributed by atoms with E-state index < -0.39 is 56.3 Å². The fraction of sp³-hybridized carbons (Fsp3) is 0.339. The highest BCUT2D eigenvalue weighted by Gasteiger charge is 2.58. The predicted molar refractivity (Wildman–Crippen MR) is 311 cm³/mol. The van der Waals surface area contributed by atoms with Gasteiger partial charge in [-0.15, -0.1) is 0 Å². The van der Waals surface area contributed by atoms with E-state index in [0.29, 0.717) is 28.2 Å². The summed E-state index contributed by atoms with van der Waals surface area (Å²) in [7, 11) is 1.00. The average molecular weight is 1200 g/mol. The number of benzene rings is 5. The number of carbonyl (C=O) groups excluding carboxylic acids is 3. The Morgan fingerprint density at radius 3 is 1.83 bits per heavy atom. The number of ether oxygens (including phenoxy) is 4. The lowest BCUT2D eigenvalue weighted by Crippen LogP contribution is -2.51. The molecule has 2 aromatic heterocycles. The van der Waals surface area contributed by atoms with Crippen molar-refractivity contribution in [2.45, 2.75) is 102 Å². The summed E-state index contributed by atoms with van der Waals surface area (Å²) in [5.74, 6) is -0.934. The average Bonchev–Trinajstić information content (AvgIpc) is 4.22. The third kappa shape index (κ3) is 11.5. The van der Waals surface area contributed by atoms with Crippen LogP contribution in [0.15, 0.2) is 116 Å². The fourth-order valence-electron chi connectivity index (χ4n) is 10.2. The smallest absolute Gasteiger partial charge is 0.263 e. The van der Waals surface area contributed by atoms with Gasteiger partial charge in [-0.2, -0.15) is 5.26 Å². The number of methoxy groups -OCH3 is 2. The maximum Gasteiger partial charge on any atom is 0.263 e. The molecule has 2 aliphatic rings. The molecular weight excluding hydrogens is 1140 g/mol. The van der Waals surface area contributed by atoms with E-state index in [2.05, 4.69) is 42.1 Å². The third-order valence-electron chi connectivity index (χ3n) is 14.1. The topological polar surface area (TPSA) is 192 Å². The summed E-state index contributed by atoms with van der Waals surface area (Å²) >= 11 is 26.9. The molecule has 422 valence electrons. The minimum atomic E-state index is -2.16. The van der Waals surface area contributed by atoms with Gasteiger partial charge in [0.15, 0.2) is 23.2 Å². The van der Waals surface area contributed by atoms with E-state index in [9.17, 15) is 10.1 Å². The number of imidazole rings is 1. The number of imide groups is 1. The molecule has 5 aromatic carbocycles. The zero-order valence-corrected chi connectivity index (χ0v) is 49.7. The first-order valence-corrected chi connectivity index (χ1v) is 28.6. The van der Waals surface area contributed by atoms with Crippen molar-refractivity contribution in [1.29, 1.82) is 5.26 Å². The van der Waals surface area contributed by atoms with Crippen LogP contribution in [0.5, 0.6) is 11.5 Å².